The second-order valence-corrected chi connectivity index (χ2v) is 9.98. The summed E-state index contributed by atoms with van der Waals surface area (Å²) in [4.78, 5) is 0.456. The summed E-state index contributed by atoms with van der Waals surface area (Å²) in [6.45, 7) is 14.8. The van der Waals surface area contributed by atoms with Crippen molar-refractivity contribution in [2.75, 3.05) is 13.1 Å². The third kappa shape index (κ3) is 11.3. The second kappa shape index (κ2) is 18.7. The Hall–Kier alpha value is -2.90. The Morgan fingerprint density at radius 1 is 0.907 bits per heavy atom. The van der Waals surface area contributed by atoms with E-state index in [0.717, 1.165) is 37.7 Å². The van der Waals surface area contributed by atoms with Gasteiger partial charge < -0.3 is 10.1 Å². The van der Waals surface area contributed by atoms with Crippen molar-refractivity contribution in [3.63, 3.8) is 0 Å². The van der Waals surface area contributed by atoms with Gasteiger partial charge in [0.15, 0.2) is 0 Å². The molecule has 1 aliphatic heterocycles. The van der Waals surface area contributed by atoms with Gasteiger partial charge in [-0.15, -0.1) is 0 Å². The van der Waals surface area contributed by atoms with Gasteiger partial charge in [0, 0.05) is 22.6 Å². The molecule has 2 atom stereocenters. The number of allylic oxidation sites excluding steroid dienone is 3. The van der Waals surface area contributed by atoms with Gasteiger partial charge in [-0.25, -0.2) is 13.2 Å². The standard InChI is InChI=1S/C16H10F8O.C10H14FNOS.2C2H6/c17-12-7-4-8-13(18)11(12)9-25-14(15(19,20)21,16(22,23)24)10-5-2-1-3-6-10;1-8(11)3-4-9(2)14(13)10-5-6-12-7-10;2*1-2/h1-8H,9H2;3-4,10,12H,1-2,5-7H2;2*1-2H3/b;4-3-;;. The second-order valence-electron chi connectivity index (χ2n) is 8.19. The molecule has 0 bridgehead atoms. The number of benzene rings is 2. The molecule has 0 spiro atoms. The van der Waals surface area contributed by atoms with Crippen LogP contribution in [0.15, 0.2) is 84.6 Å². The summed E-state index contributed by atoms with van der Waals surface area (Å²) >= 11 is 0. The first-order valence-corrected chi connectivity index (χ1v) is 14.4. The largest absolute Gasteiger partial charge is 0.430 e. The average molecular weight is 646 g/mol. The summed E-state index contributed by atoms with van der Waals surface area (Å²) in [5, 5.41) is 3.23. The third-order valence-corrected chi connectivity index (χ3v) is 7.16. The van der Waals surface area contributed by atoms with Crippen LogP contribution in [-0.2, 0) is 27.7 Å². The zero-order valence-electron chi connectivity index (χ0n) is 24.2. The van der Waals surface area contributed by atoms with E-state index in [4.69, 9.17) is 0 Å². The molecule has 242 valence electrons. The van der Waals surface area contributed by atoms with Gasteiger partial charge in [0.1, 0.15) is 17.5 Å². The lowest BCUT2D eigenvalue weighted by Gasteiger charge is -2.37. The van der Waals surface area contributed by atoms with Crippen LogP contribution in [0.2, 0.25) is 0 Å². The van der Waals surface area contributed by atoms with Crippen molar-refractivity contribution in [3.8, 4) is 0 Å². The van der Waals surface area contributed by atoms with Gasteiger partial charge in [-0.2, -0.15) is 26.3 Å². The van der Waals surface area contributed by atoms with Crippen molar-refractivity contribution in [1.29, 1.82) is 0 Å². The van der Waals surface area contributed by atoms with Crippen molar-refractivity contribution in [2.45, 2.75) is 63.9 Å². The fourth-order valence-electron chi connectivity index (χ4n) is 3.53. The molecule has 13 heteroatoms. The quantitative estimate of drug-likeness (QED) is 0.230. The molecule has 43 heavy (non-hydrogen) atoms. The van der Waals surface area contributed by atoms with Gasteiger partial charge >= 0.3 is 12.4 Å². The normalized spacial score (nSPS) is 15.7. The monoisotopic (exact) mass is 645 g/mol. The molecule has 1 fully saturated rings. The first-order chi connectivity index (χ1) is 20.1. The van der Waals surface area contributed by atoms with Crippen molar-refractivity contribution >= 4 is 10.8 Å². The Morgan fingerprint density at radius 2 is 1.42 bits per heavy atom. The highest BCUT2D eigenvalue weighted by atomic mass is 32.2. The van der Waals surface area contributed by atoms with Gasteiger partial charge in [-0.05, 0) is 37.3 Å². The van der Waals surface area contributed by atoms with Crippen LogP contribution < -0.4 is 5.32 Å². The number of halogens is 9. The molecule has 1 heterocycles. The molecule has 2 aromatic carbocycles. The molecule has 0 radical (unpaired) electrons. The Balaban J connectivity index is 0.000000830. The van der Waals surface area contributed by atoms with Crippen LogP contribution in [0, 0.1) is 11.6 Å². The van der Waals surface area contributed by atoms with E-state index < -0.39 is 63.9 Å². The maximum absolute atomic E-state index is 13.5. The van der Waals surface area contributed by atoms with Gasteiger partial charge in [0.2, 0.25) is 0 Å². The molecule has 2 unspecified atom stereocenters. The Morgan fingerprint density at radius 3 is 1.84 bits per heavy atom. The molecule has 1 N–H and O–H groups in total. The number of rotatable bonds is 8. The minimum atomic E-state index is -5.92. The van der Waals surface area contributed by atoms with E-state index in [2.05, 4.69) is 23.2 Å². The van der Waals surface area contributed by atoms with E-state index in [1.165, 1.54) is 18.2 Å². The number of nitrogens with one attached hydrogen (secondary N) is 1. The summed E-state index contributed by atoms with van der Waals surface area (Å²) in [7, 11) is -1.11. The lowest BCUT2D eigenvalue weighted by molar-refractivity contribution is -0.392. The summed E-state index contributed by atoms with van der Waals surface area (Å²) in [6, 6.07) is 6.64. The minimum Gasteiger partial charge on any atom is -0.349 e. The van der Waals surface area contributed by atoms with Crippen LogP contribution in [0.1, 0.15) is 45.2 Å². The van der Waals surface area contributed by atoms with Crippen LogP contribution in [0.25, 0.3) is 0 Å². The van der Waals surface area contributed by atoms with Crippen LogP contribution in [-0.4, -0.2) is 34.9 Å². The summed E-state index contributed by atoms with van der Waals surface area (Å²) in [5.74, 6) is -3.18. The molecule has 3 nitrogen and oxygen atoms in total. The minimum absolute atomic E-state index is 0.111. The molecule has 0 amide bonds. The predicted molar refractivity (Wildman–Crippen MR) is 152 cm³/mol. The van der Waals surface area contributed by atoms with Gasteiger partial charge in [0.25, 0.3) is 5.60 Å². The van der Waals surface area contributed by atoms with Gasteiger partial charge in [-0.1, -0.05) is 77.3 Å². The Kier molecular flexibility index (Phi) is 17.4. The van der Waals surface area contributed by atoms with Crippen molar-refractivity contribution in [3.05, 3.63) is 107 Å². The van der Waals surface area contributed by atoms with Crippen molar-refractivity contribution in [2.24, 2.45) is 0 Å². The number of hydrogen-bond acceptors (Lipinski definition) is 3. The maximum Gasteiger partial charge on any atom is 0.430 e. The van der Waals surface area contributed by atoms with Crippen LogP contribution in [0.5, 0.6) is 0 Å². The third-order valence-electron chi connectivity index (χ3n) is 5.50. The summed E-state index contributed by atoms with van der Waals surface area (Å²) in [5.41, 5.74) is -7.00. The summed E-state index contributed by atoms with van der Waals surface area (Å²) < 4.78 is 136. The highest BCUT2D eigenvalue weighted by Crippen LogP contribution is 2.53. The fourth-order valence-corrected chi connectivity index (χ4v) is 4.77. The fraction of sp³-hybridized carbons (Fsp3) is 0.400. The van der Waals surface area contributed by atoms with E-state index in [1.54, 1.807) is 0 Å². The molecule has 0 aromatic heterocycles. The van der Waals surface area contributed by atoms with Crippen molar-refractivity contribution < 1.29 is 48.5 Å². The average Bonchev–Trinajstić information content (AvgIpc) is 3.50. The van der Waals surface area contributed by atoms with Crippen molar-refractivity contribution in [1.82, 2.24) is 5.32 Å². The summed E-state index contributed by atoms with van der Waals surface area (Å²) in [6.07, 6.45) is -8.35. The molecular weight excluding hydrogens is 609 g/mol. The number of ether oxygens (including phenoxy) is 1. The molecule has 0 saturated carbocycles. The van der Waals surface area contributed by atoms with E-state index in [9.17, 15) is 43.7 Å². The number of alkyl halides is 6. The highest BCUT2D eigenvalue weighted by Gasteiger charge is 2.73. The molecular formula is C30H36F9NO2S. The molecule has 1 aliphatic rings. The maximum atomic E-state index is 13.5. The topological polar surface area (TPSA) is 38.3 Å². The Labute approximate surface area is 249 Å². The zero-order chi connectivity index (χ0) is 33.4. The van der Waals surface area contributed by atoms with E-state index >= 15 is 0 Å². The molecule has 2 aromatic rings. The number of hydrogen-bond donors (Lipinski definition) is 1. The predicted octanol–water partition coefficient (Wildman–Crippen LogP) is 9.20. The Bertz CT molecular complexity index is 1160. The first kappa shape index (κ1) is 40.1. The first-order valence-electron chi connectivity index (χ1n) is 13.2. The van der Waals surface area contributed by atoms with E-state index in [1.807, 2.05) is 27.7 Å². The van der Waals surface area contributed by atoms with Crippen LogP contribution >= 0.6 is 0 Å². The zero-order valence-corrected chi connectivity index (χ0v) is 25.0. The van der Waals surface area contributed by atoms with E-state index in [-0.39, 0.29) is 5.25 Å². The van der Waals surface area contributed by atoms with Crippen LogP contribution in [0.4, 0.5) is 39.5 Å². The molecule has 3 rings (SSSR count). The lowest BCUT2D eigenvalue weighted by atomic mass is 9.91. The van der Waals surface area contributed by atoms with E-state index in [0.29, 0.717) is 29.2 Å². The van der Waals surface area contributed by atoms with Gasteiger partial charge in [0.05, 0.1) is 22.7 Å². The van der Waals surface area contributed by atoms with Crippen LogP contribution in [0.3, 0.4) is 0 Å². The lowest BCUT2D eigenvalue weighted by Crippen LogP contribution is -2.55. The smallest absolute Gasteiger partial charge is 0.349 e. The SMILES string of the molecule is C=C(F)/C=C\C(=C)S(=O)C1CCNC1.CC.CC.Fc1cccc(F)c1COC(c1ccccc1)(C(F)(F)F)C(F)(F)F. The molecule has 1 saturated heterocycles. The highest BCUT2D eigenvalue weighted by molar-refractivity contribution is 7.89. The molecule has 0 aliphatic carbocycles. The van der Waals surface area contributed by atoms with Gasteiger partial charge in [-0.3, -0.25) is 4.21 Å².